The summed E-state index contributed by atoms with van der Waals surface area (Å²) in [5.41, 5.74) is -0.499. The molecule has 6 heteroatoms. The Bertz CT molecular complexity index is 743. The molecule has 0 fully saturated rings. The highest BCUT2D eigenvalue weighted by molar-refractivity contribution is 5.79. The molecule has 0 saturated heterocycles. The van der Waals surface area contributed by atoms with Crippen molar-refractivity contribution < 1.29 is 0 Å². The summed E-state index contributed by atoms with van der Waals surface area (Å²) in [6, 6.07) is 1.63. The first-order valence-corrected chi connectivity index (χ1v) is 5.24. The first-order chi connectivity index (χ1) is 7.80. The zero-order valence-electron chi connectivity index (χ0n) is 9.89. The van der Waals surface area contributed by atoms with Gasteiger partial charge in [-0.25, -0.2) is 0 Å². The van der Waals surface area contributed by atoms with Crippen molar-refractivity contribution in [2.45, 2.75) is 26.2 Å². The largest absolute Gasteiger partial charge is 0.325 e. The number of rotatable bonds is 0. The third-order valence-electron chi connectivity index (χ3n) is 2.64. The van der Waals surface area contributed by atoms with E-state index < -0.39 is 11.1 Å². The zero-order valence-corrected chi connectivity index (χ0v) is 9.89. The summed E-state index contributed by atoms with van der Waals surface area (Å²) in [7, 11) is 0. The lowest BCUT2D eigenvalue weighted by Gasteiger charge is -2.18. The van der Waals surface area contributed by atoms with Crippen molar-refractivity contribution >= 4 is 10.8 Å². The Kier molecular flexibility index (Phi) is 2.30. The minimum atomic E-state index is -0.417. The Hall–Kier alpha value is -2.11. The molecule has 0 aliphatic heterocycles. The number of fused-ring (bicyclic) bond motifs is 1. The van der Waals surface area contributed by atoms with Crippen LogP contribution < -0.4 is 16.6 Å². The van der Waals surface area contributed by atoms with Crippen molar-refractivity contribution in [2.24, 2.45) is 0 Å². The van der Waals surface area contributed by atoms with Crippen LogP contribution in [0.4, 0.5) is 0 Å². The van der Waals surface area contributed by atoms with Gasteiger partial charge in [0.25, 0.3) is 11.1 Å². The van der Waals surface area contributed by atoms with Crippen LogP contribution in [0.25, 0.3) is 10.8 Å². The van der Waals surface area contributed by atoms with E-state index in [-0.39, 0.29) is 21.7 Å². The molecule has 0 unspecified atom stereocenters. The monoisotopic (exact) mass is 234 g/mol. The van der Waals surface area contributed by atoms with E-state index in [1.54, 1.807) is 6.07 Å². The third-order valence-corrected chi connectivity index (χ3v) is 2.64. The van der Waals surface area contributed by atoms with Crippen LogP contribution in [0.1, 0.15) is 26.5 Å². The molecule has 0 aliphatic rings. The van der Waals surface area contributed by atoms with E-state index in [9.17, 15) is 9.59 Å². The second-order valence-corrected chi connectivity index (χ2v) is 5.00. The Morgan fingerprint density at radius 3 is 2.35 bits per heavy atom. The van der Waals surface area contributed by atoms with Crippen LogP contribution in [0.5, 0.6) is 0 Å². The van der Waals surface area contributed by atoms with Crippen LogP contribution in [-0.2, 0) is 5.41 Å². The van der Waals surface area contributed by atoms with Crippen molar-refractivity contribution in [1.82, 2.24) is 15.2 Å². The molecule has 0 radical (unpaired) electrons. The van der Waals surface area contributed by atoms with E-state index in [0.29, 0.717) is 5.69 Å². The molecule has 2 aromatic rings. The lowest BCUT2D eigenvalue weighted by atomic mass is 9.91. The maximum atomic E-state index is 11.9. The third kappa shape index (κ3) is 1.82. The molecule has 0 saturated carbocycles. The Labute approximate surface area is 96.2 Å². The van der Waals surface area contributed by atoms with E-state index in [1.165, 1.54) is 0 Å². The van der Waals surface area contributed by atoms with Gasteiger partial charge in [-0.15, -0.1) is 0 Å². The number of aromatic nitrogens is 3. The van der Waals surface area contributed by atoms with Gasteiger partial charge in [-0.05, 0) is 6.07 Å². The van der Waals surface area contributed by atoms with E-state index in [4.69, 9.17) is 5.41 Å². The average Bonchev–Trinajstić information content (AvgIpc) is 2.21. The normalized spacial score (nSPS) is 11.9. The maximum absolute atomic E-state index is 11.9. The predicted molar refractivity (Wildman–Crippen MR) is 64.1 cm³/mol. The predicted octanol–water partition coefficient (Wildman–Crippen LogP) is 0.321. The van der Waals surface area contributed by atoms with Crippen molar-refractivity contribution in [3.63, 3.8) is 0 Å². The fourth-order valence-electron chi connectivity index (χ4n) is 1.64. The summed E-state index contributed by atoms with van der Waals surface area (Å²) in [6.45, 7) is 5.82. The van der Waals surface area contributed by atoms with Gasteiger partial charge in [0.1, 0.15) is 0 Å². The zero-order chi connectivity index (χ0) is 12.8. The quantitative estimate of drug-likeness (QED) is 0.527. The van der Waals surface area contributed by atoms with Crippen molar-refractivity contribution in [3.05, 3.63) is 38.0 Å². The first kappa shape index (κ1) is 11.4. The lowest BCUT2D eigenvalue weighted by Crippen LogP contribution is -2.28. The molecular formula is C11H14N4O2. The van der Waals surface area contributed by atoms with Gasteiger partial charge in [-0.1, -0.05) is 20.8 Å². The number of H-pyrrole nitrogens is 3. The number of pyridine rings is 1. The van der Waals surface area contributed by atoms with Crippen molar-refractivity contribution in [2.75, 3.05) is 0 Å². The smallest absolute Gasteiger partial charge is 0.270 e. The summed E-state index contributed by atoms with van der Waals surface area (Å²) in [5.74, 6) is 0. The van der Waals surface area contributed by atoms with Crippen molar-refractivity contribution in [1.29, 1.82) is 5.41 Å². The Morgan fingerprint density at radius 2 is 1.76 bits per heavy atom. The Balaban J connectivity index is 3.03. The van der Waals surface area contributed by atoms with Gasteiger partial charge >= 0.3 is 0 Å². The van der Waals surface area contributed by atoms with Gasteiger partial charge in [0.05, 0.1) is 10.8 Å². The highest BCUT2D eigenvalue weighted by Gasteiger charge is 2.17. The summed E-state index contributed by atoms with van der Waals surface area (Å²) in [4.78, 5) is 26.2. The highest BCUT2D eigenvalue weighted by Crippen LogP contribution is 2.19. The molecule has 0 aliphatic carbocycles. The van der Waals surface area contributed by atoms with Gasteiger partial charge in [0.15, 0.2) is 5.49 Å². The summed E-state index contributed by atoms with van der Waals surface area (Å²) in [5, 5.41) is 12.6. The van der Waals surface area contributed by atoms with E-state index in [2.05, 4.69) is 15.2 Å². The minimum Gasteiger partial charge on any atom is -0.325 e. The van der Waals surface area contributed by atoms with Crippen LogP contribution in [-0.4, -0.2) is 15.2 Å². The van der Waals surface area contributed by atoms with Crippen LogP contribution in [0.15, 0.2) is 15.7 Å². The van der Waals surface area contributed by atoms with Crippen LogP contribution in [0.3, 0.4) is 0 Å². The fraction of sp³-hybridized carbons (Fsp3) is 0.364. The second-order valence-electron chi connectivity index (χ2n) is 5.00. The molecule has 6 nitrogen and oxygen atoms in total. The van der Waals surface area contributed by atoms with Crippen LogP contribution in [0, 0.1) is 5.41 Å². The standard InChI is InChI=1S/C11H14N4O2/c1-11(2,3)6-4-5-7(10(17)13-6)8(12)14-15-9(5)16/h4H,1-3H3,(H2,12,14)(H,13,17)(H,15,16). The fourth-order valence-corrected chi connectivity index (χ4v) is 1.64. The molecule has 2 rings (SSSR count). The van der Waals surface area contributed by atoms with Gasteiger partial charge in [-0.3, -0.25) is 25.2 Å². The summed E-state index contributed by atoms with van der Waals surface area (Å²) < 4.78 is 0. The molecule has 4 N–H and O–H groups in total. The molecule has 90 valence electrons. The molecule has 0 amide bonds. The number of hydrogen-bond donors (Lipinski definition) is 4. The van der Waals surface area contributed by atoms with Gasteiger partial charge in [-0.2, -0.15) is 0 Å². The first-order valence-electron chi connectivity index (χ1n) is 5.24. The summed E-state index contributed by atoms with van der Waals surface area (Å²) >= 11 is 0. The van der Waals surface area contributed by atoms with Crippen molar-refractivity contribution in [3.8, 4) is 0 Å². The number of hydrogen-bond acceptors (Lipinski definition) is 3. The molecule has 17 heavy (non-hydrogen) atoms. The molecule has 0 bridgehead atoms. The minimum absolute atomic E-state index is 0.0850. The molecule has 0 spiro atoms. The van der Waals surface area contributed by atoms with Gasteiger partial charge in [0.2, 0.25) is 0 Å². The average molecular weight is 234 g/mol. The van der Waals surface area contributed by atoms with E-state index in [1.807, 2.05) is 20.8 Å². The van der Waals surface area contributed by atoms with Crippen LogP contribution >= 0.6 is 0 Å². The van der Waals surface area contributed by atoms with Crippen LogP contribution in [0.2, 0.25) is 0 Å². The molecule has 0 aromatic carbocycles. The molecule has 2 aromatic heterocycles. The maximum Gasteiger partial charge on any atom is 0.270 e. The van der Waals surface area contributed by atoms with Gasteiger partial charge < -0.3 is 4.98 Å². The van der Waals surface area contributed by atoms with E-state index >= 15 is 0 Å². The molecule has 0 atom stereocenters. The second kappa shape index (κ2) is 3.44. The van der Waals surface area contributed by atoms with Gasteiger partial charge in [0, 0.05) is 11.1 Å². The number of nitrogens with one attached hydrogen (secondary N) is 4. The van der Waals surface area contributed by atoms with E-state index in [0.717, 1.165) is 0 Å². The lowest BCUT2D eigenvalue weighted by molar-refractivity contribution is 0.568. The molecular weight excluding hydrogens is 220 g/mol. The summed E-state index contributed by atoms with van der Waals surface area (Å²) in [6.07, 6.45) is 0. The SMILES string of the molecule is CC(C)(C)c1cc2c(=O)[nH][nH]c(=N)c2c(=O)[nH]1. The Morgan fingerprint density at radius 1 is 1.12 bits per heavy atom. The number of aromatic amines is 3. The highest BCUT2D eigenvalue weighted by atomic mass is 16.1. The topological polar surface area (TPSA) is 105 Å². The molecule has 2 heterocycles.